The van der Waals surface area contributed by atoms with Crippen molar-refractivity contribution in [2.45, 2.75) is 63.8 Å². The first kappa shape index (κ1) is 30.2. The summed E-state index contributed by atoms with van der Waals surface area (Å²) in [7, 11) is 0. The van der Waals surface area contributed by atoms with Crippen molar-refractivity contribution in [3.05, 3.63) is 66.3 Å². The maximum Gasteiger partial charge on any atom is 0.405 e. The summed E-state index contributed by atoms with van der Waals surface area (Å²) in [5.74, 6) is -3.40. The average molecular weight is 604 g/mol. The van der Waals surface area contributed by atoms with Crippen LogP contribution in [0.3, 0.4) is 0 Å². The number of rotatable bonds is 13. The molecule has 14 heteroatoms. The number of aromatic nitrogens is 4. The number of carbonyl (C=O) groups excluding carboxylic acids is 3. The number of carbonyl (C=O) groups is 3. The topological polar surface area (TPSA) is 123 Å². The molecule has 10 nitrogen and oxygen atoms in total. The lowest BCUT2D eigenvalue weighted by Gasteiger charge is -2.27. The Bertz CT molecular complexity index is 1440. The fourth-order valence-corrected chi connectivity index (χ4v) is 5.38. The van der Waals surface area contributed by atoms with Gasteiger partial charge in [0.15, 0.2) is 0 Å². The number of anilines is 1. The first-order chi connectivity index (χ1) is 20.5. The summed E-state index contributed by atoms with van der Waals surface area (Å²) in [5, 5.41) is 11.5. The molecule has 43 heavy (non-hydrogen) atoms. The van der Waals surface area contributed by atoms with Crippen LogP contribution >= 0.6 is 0 Å². The first-order valence-electron chi connectivity index (χ1n) is 14.2. The highest BCUT2D eigenvalue weighted by molar-refractivity contribution is 6.01. The van der Waals surface area contributed by atoms with Crippen molar-refractivity contribution in [1.82, 2.24) is 30.0 Å². The van der Waals surface area contributed by atoms with Gasteiger partial charge in [0.2, 0.25) is 11.8 Å². The van der Waals surface area contributed by atoms with Gasteiger partial charge in [0.1, 0.15) is 24.1 Å². The van der Waals surface area contributed by atoms with Gasteiger partial charge in [0, 0.05) is 25.1 Å². The third-order valence-corrected chi connectivity index (χ3v) is 7.97. The van der Waals surface area contributed by atoms with Gasteiger partial charge in [-0.1, -0.05) is 6.07 Å². The molecule has 2 aliphatic carbocycles. The quantitative estimate of drug-likeness (QED) is 0.256. The molecule has 2 saturated carbocycles. The van der Waals surface area contributed by atoms with E-state index < -0.39 is 48.2 Å². The molecule has 2 atom stereocenters. The van der Waals surface area contributed by atoms with E-state index >= 15 is 4.39 Å². The van der Waals surface area contributed by atoms with Crippen molar-refractivity contribution in [2.75, 3.05) is 11.9 Å². The Morgan fingerprint density at radius 3 is 2.35 bits per heavy atom. The molecule has 3 amide bonds. The molecule has 1 aromatic carbocycles. The highest BCUT2D eigenvalue weighted by atomic mass is 19.4. The molecule has 0 spiro atoms. The van der Waals surface area contributed by atoms with Crippen molar-refractivity contribution in [3.63, 3.8) is 0 Å². The van der Waals surface area contributed by atoms with Gasteiger partial charge in [0.25, 0.3) is 5.91 Å². The van der Waals surface area contributed by atoms with Gasteiger partial charge in [-0.3, -0.25) is 19.1 Å². The van der Waals surface area contributed by atoms with Crippen molar-refractivity contribution in [3.8, 4) is 0 Å². The Hall–Kier alpha value is -4.23. The Morgan fingerprint density at radius 1 is 1.02 bits per heavy atom. The highest BCUT2D eigenvalue weighted by Crippen LogP contribution is 2.51. The predicted molar refractivity (Wildman–Crippen MR) is 147 cm³/mol. The number of aryl methyl sites for hydroxylation is 2. The van der Waals surface area contributed by atoms with E-state index in [1.165, 1.54) is 25.3 Å². The Morgan fingerprint density at radius 2 is 1.74 bits per heavy atom. The van der Waals surface area contributed by atoms with E-state index in [1.54, 1.807) is 34.8 Å². The van der Waals surface area contributed by atoms with Crippen LogP contribution in [0, 0.1) is 23.6 Å². The van der Waals surface area contributed by atoms with E-state index in [9.17, 15) is 27.6 Å². The smallest absolute Gasteiger partial charge is 0.346 e. The lowest BCUT2D eigenvalue weighted by Crippen LogP contribution is -2.50. The fourth-order valence-electron chi connectivity index (χ4n) is 5.38. The average Bonchev–Trinajstić information content (AvgIpc) is 3.88. The minimum atomic E-state index is -4.57. The van der Waals surface area contributed by atoms with Gasteiger partial charge >= 0.3 is 6.18 Å². The predicted octanol–water partition coefficient (Wildman–Crippen LogP) is 3.87. The molecule has 2 aliphatic rings. The second-order valence-electron chi connectivity index (χ2n) is 11.2. The van der Waals surface area contributed by atoms with Gasteiger partial charge in [-0.25, -0.2) is 9.37 Å². The van der Waals surface area contributed by atoms with Crippen LogP contribution in [0.25, 0.3) is 0 Å². The SMILES string of the molecule is C[C@H](C(=O)NCC(F)(F)F)c1ccc(NC(=O)[C@@H](NC(=O)c2ccnn2CCn2ccnc2)C(C2CC2)C2CC2)c(F)c1. The van der Waals surface area contributed by atoms with Crippen LogP contribution in [-0.4, -0.2) is 55.8 Å². The Labute approximate surface area is 245 Å². The maximum absolute atomic E-state index is 15.1. The zero-order chi connectivity index (χ0) is 30.7. The fraction of sp³-hybridized carbons (Fsp3) is 0.483. The molecule has 2 aromatic heterocycles. The van der Waals surface area contributed by atoms with E-state index in [2.05, 4.69) is 20.7 Å². The molecule has 2 heterocycles. The van der Waals surface area contributed by atoms with Crippen molar-refractivity contribution in [2.24, 2.45) is 17.8 Å². The van der Waals surface area contributed by atoms with E-state index in [-0.39, 0.29) is 34.7 Å². The monoisotopic (exact) mass is 603 g/mol. The lowest BCUT2D eigenvalue weighted by molar-refractivity contribution is -0.139. The minimum absolute atomic E-state index is 0.106. The highest BCUT2D eigenvalue weighted by Gasteiger charge is 2.48. The van der Waals surface area contributed by atoms with E-state index in [0.717, 1.165) is 31.7 Å². The van der Waals surface area contributed by atoms with Gasteiger partial charge in [-0.15, -0.1) is 0 Å². The number of nitrogens with zero attached hydrogens (tertiary/aromatic N) is 4. The molecule has 230 valence electrons. The molecule has 0 bridgehead atoms. The van der Waals surface area contributed by atoms with Crippen LogP contribution in [0.1, 0.15) is 54.6 Å². The molecular formula is C29H33F4N7O3. The number of amides is 3. The Balaban J connectivity index is 1.29. The number of alkyl halides is 3. The molecule has 5 rings (SSSR count). The summed E-state index contributed by atoms with van der Waals surface area (Å²) in [5.41, 5.74) is 0.279. The molecule has 0 unspecified atom stereocenters. The van der Waals surface area contributed by atoms with Gasteiger partial charge in [-0.2, -0.15) is 18.3 Å². The van der Waals surface area contributed by atoms with Crippen LogP contribution < -0.4 is 16.0 Å². The summed E-state index contributed by atoms with van der Waals surface area (Å²) < 4.78 is 55.9. The van der Waals surface area contributed by atoms with Crippen molar-refractivity contribution in [1.29, 1.82) is 0 Å². The number of hydrogen-bond donors (Lipinski definition) is 3. The summed E-state index contributed by atoms with van der Waals surface area (Å²) in [4.78, 5) is 43.3. The number of hydrogen-bond acceptors (Lipinski definition) is 5. The van der Waals surface area contributed by atoms with Crippen LogP contribution in [0.15, 0.2) is 49.2 Å². The molecule has 0 saturated heterocycles. The standard InChI is InChI=1S/C29H33F4N7O3/c1-17(26(41)35-15-29(31,32)33)20-6-7-22(21(30)14-20)37-28(43)25(24(18-2-3-18)19-4-5-19)38-27(42)23-8-9-36-40(23)13-12-39-11-10-34-16-39/h6-11,14,16-19,24-25H,2-5,12-13,15H2,1H3,(H,35,41)(H,37,43)(H,38,42)/t17-,25-/m0/s1. The van der Waals surface area contributed by atoms with Crippen LogP contribution in [0.5, 0.6) is 0 Å². The molecular weight excluding hydrogens is 570 g/mol. The summed E-state index contributed by atoms with van der Waals surface area (Å²) in [6, 6.07) is 4.31. The number of benzene rings is 1. The summed E-state index contributed by atoms with van der Waals surface area (Å²) in [6.07, 6.45) is 5.84. The maximum atomic E-state index is 15.1. The lowest BCUT2D eigenvalue weighted by atomic mass is 9.88. The number of nitrogens with one attached hydrogen (secondary N) is 3. The molecule has 3 N–H and O–H groups in total. The molecule has 2 fully saturated rings. The van der Waals surface area contributed by atoms with E-state index in [0.29, 0.717) is 13.1 Å². The van der Waals surface area contributed by atoms with Gasteiger partial charge in [0.05, 0.1) is 24.5 Å². The Kier molecular flexibility index (Phi) is 8.83. The second-order valence-corrected chi connectivity index (χ2v) is 11.2. The largest absolute Gasteiger partial charge is 0.405 e. The summed E-state index contributed by atoms with van der Waals surface area (Å²) >= 11 is 0. The second kappa shape index (κ2) is 12.6. The minimum Gasteiger partial charge on any atom is -0.346 e. The van der Waals surface area contributed by atoms with Gasteiger partial charge in [-0.05, 0) is 74.1 Å². The molecule has 0 aliphatic heterocycles. The third-order valence-electron chi connectivity index (χ3n) is 7.97. The summed E-state index contributed by atoms with van der Waals surface area (Å²) in [6.45, 7) is 0.813. The molecule has 3 aromatic rings. The van der Waals surface area contributed by atoms with Gasteiger partial charge < -0.3 is 20.5 Å². The zero-order valence-corrected chi connectivity index (χ0v) is 23.5. The van der Waals surface area contributed by atoms with Crippen LogP contribution in [0.2, 0.25) is 0 Å². The zero-order valence-electron chi connectivity index (χ0n) is 23.5. The first-order valence-corrected chi connectivity index (χ1v) is 14.2. The molecule has 0 radical (unpaired) electrons. The number of imidazole rings is 1. The van der Waals surface area contributed by atoms with Crippen LogP contribution in [-0.2, 0) is 22.7 Å². The van der Waals surface area contributed by atoms with E-state index in [1.807, 2.05) is 4.57 Å². The normalized spacial score (nSPS) is 16.5. The van der Waals surface area contributed by atoms with Crippen molar-refractivity contribution >= 4 is 23.4 Å². The van der Waals surface area contributed by atoms with Crippen molar-refractivity contribution < 1.29 is 31.9 Å². The van der Waals surface area contributed by atoms with Crippen LogP contribution in [0.4, 0.5) is 23.2 Å². The number of halogens is 4. The third kappa shape index (κ3) is 7.79. The van der Waals surface area contributed by atoms with E-state index in [4.69, 9.17) is 0 Å².